The third-order valence-corrected chi connectivity index (χ3v) is 5.82. The van der Waals surface area contributed by atoms with Gasteiger partial charge in [0.2, 0.25) is 0 Å². The van der Waals surface area contributed by atoms with Crippen molar-refractivity contribution in [1.82, 2.24) is 10.2 Å². The summed E-state index contributed by atoms with van der Waals surface area (Å²) in [6.07, 6.45) is 1.15. The van der Waals surface area contributed by atoms with Crippen molar-refractivity contribution >= 4 is 49.1 Å². The lowest BCUT2D eigenvalue weighted by atomic mass is 10.4. The molecule has 3 nitrogen and oxygen atoms in total. The van der Waals surface area contributed by atoms with Crippen molar-refractivity contribution in [2.75, 3.05) is 26.2 Å². The van der Waals surface area contributed by atoms with Crippen molar-refractivity contribution in [3.8, 4) is 0 Å². The Hall–Kier alpha value is 0.0900. The summed E-state index contributed by atoms with van der Waals surface area (Å²) in [5, 5.41) is 2.95. The second kappa shape index (κ2) is 8.30. The minimum atomic E-state index is -0.000971. The van der Waals surface area contributed by atoms with Crippen molar-refractivity contribution in [3.05, 3.63) is 19.2 Å². The molecule has 0 aliphatic carbocycles. The summed E-state index contributed by atoms with van der Waals surface area (Å²) in [5.41, 5.74) is 0. The summed E-state index contributed by atoms with van der Waals surface area (Å²) < 4.78 is 1.88. The van der Waals surface area contributed by atoms with Crippen LogP contribution in [0.2, 0.25) is 0 Å². The van der Waals surface area contributed by atoms with Crippen molar-refractivity contribution < 1.29 is 4.79 Å². The fourth-order valence-corrected chi connectivity index (χ4v) is 3.57. The van der Waals surface area contributed by atoms with Gasteiger partial charge in [-0.05, 0) is 57.4 Å². The lowest BCUT2D eigenvalue weighted by Gasteiger charge is -2.19. The minimum absolute atomic E-state index is 0.000971. The van der Waals surface area contributed by atoms with E-state index >= 15 is 0 Å². The highest BCUT2D eigenvalue weighted by atomic mass is 79.9. The summed E-state index contributed by atoms with van der Waals surface area (Å²) in [6, 6.07) is 1.84. The lowest BCUT2D eigenvalue weighted by Crippen LogP contribution is -2.35. The SMILES string of the molecule is CCCN(CC)CCNC(=O)c1cc(Br)c(Br)s1. The van der Waals surface area contributed by atoms with Crippen LogP contribution >= 0.6 is 43.2 Å². The molecule has 18 heavy (non-hydrogen) atoms. The molecular formula is C12H18Br2N2OS. The maximum Gasteiger partial charge on any atom is 0.261 e. The molecule has 0 saturated heterocycles. The smallest absolute Gasteiger partial charge is 0.261 e. The second-order valence-electron chi connectivity index (χ2n) is 3.92. The Morgan fingerprint density at radius 1 is 1.39 bits per heavy atom. The van der Waals surface area contributed by atoms with Gasteiger partial charge in [-0.2, -0.15) is 0 Å². The first-order valence-corrected chi connectivity index (χ1v) is 8.44. The van der Waals surface area contributed by atoms with E-state index in [1.165, 1.54) is 11.3 Å². The van der Waals surface area contributed by atoms with E-state index < -0.39 is 0 Å². The maximum atomic E-state index is 11.9. The predicted molar refractivity (Wildman–Crippen MR) is 84.5 cm³/mol. The first-order chi connectivity index (χ1) is 8.58. The Kier molecular flexibility index (Phi) is 7.44. The molecule has 1 aromatic rings. The molecule has 0 fully saturated rings. The standard InChI is InChI=1S/C12H18Br2N2OS/c1-3-6-16(4-2)7-5-15-12(17)10-8-9(13)11(14)18-10/h8H,3-7H2,1-2H3,(H,15,17). The molecule has 1 amide bonds. The van der Waals surface area contributed by atoms with Gasteiger partial charge in [-0.1, -0.05) is 13.8 Å². The molecule has 0 spiro atoms. The fourth-order valence-electron chi connectivity index (χ4n) is 1.62. The molecule has 0 aliphatic rings. The van der Waals surface area contributed by atoms with Crippen molar-refractivity contribution in [2.24, 2.45) is 0 Å². The number of hydrogen-bond acceptors (Lipinski definition) is 3. The van der Waals surface area contributed by atoms with E-state index in [2.05, 4.69) is 55.9 Å². The number of thiophene rings is 1. The van der Waals surface area contributed by atoms with Crippen molar-refractivity contribution in [1.29, 1.82) is 0 Å². The molecule has 6 heteroatoms. The molecule has 0 bridgehead atoms. The Morgan fingerprint density at radius 3 is 2.61 bits per heavy atom. The maximum absolute atomic E-state index is 11.9. The van der Waals surface area contributed by atoms with Crippen LogP contribution in [-0.4, -0.2) is 37.0 Å². The molecule has 102 valence electrons. The quantitative estimate of drug-likeness (QED) is 0.759. The van der Waals surface area contributed by atoms with Gasteiger partial charge < -0.3 is 10.2 Å². The van der Waals surface area contributed by atoms with Crippen LogP contribution in [0.1, 0.15) is 29.9 Å². The first-order valence-electron chi connectivity index (χ1n) is 6.03. The van der Waals surface area contributed by atoms with Crippen LogP contribution in [0, 0.1) is 0 Å². The monoisotopic (exact) mass is 396 g/mol. The Balaban J connectivity index is 2.37. The van der Waals surface area contributed by atoms with Crippen LogP contribution in [0.15, 0.2) is 14.3 Å². The average Bonchev–Trinajstić information content (AvgIpc) is 2.68. The van der Waals surface area contributed by atoms with Gasteiger partial charge in [0.1, 0.15) is 0 Å². The highest BCUT2D eigenvalue weighted by Gasteiger charge is 2.11. The van der Waals surface area contributed by atoms with E-state index in [4.69, 9.17) is 0 Å². The number of carbonyl (C=O) groups is 1. The lowest BCUT2D eigenvalue weighted by molar-refractivity contribution is 0.0952. The van der Waals surface area contributed by atoms with Crippen LogP contribution in [0.4, 0.5) is 0 Å². The number of amides is 1. The summed E-state index contributed by atoms with van der Waals surface area (Å²) >= 11 is 8.22. The molecule has 1 heterocycles. The number of nitrogens with one attached hydrogen (secondary N) is 1. The number of nitrogens with zero attached hydrogens (tertiary/aromatic N) is 1. The molecule has 0 radical (unpaired) electrons. The van der Waals surface area contributed by atoms with Crippen molar-refractivity contribution in [2.45, 2.75) is 20.3 Å². The molecule has 1 N–H and O–H groups in total. The third kappa shape index (κ3) is 4.99. The van der Waals surface area contributed by atoms with E-state index in [9.17, 15) is 4.79 Å². The summed E-state index contributed by atoms with van der Waals surface area (Å²) in [4.78, 5) is 14.9. The van der Waals surface area contributed by atoms with E-state index in [0.717, 1.165) is 39.2 Å². The molecule has 0 atom stereocenters. The Morgan fingerprint density at radius 2 is 2.11 bits per heavy atom. The zero-order valence-electron chi connectivity index (χ0n) is 10.6. The van der Waals surface area contributed by atoms with Crippen LogP contribution in [-0.2, 0) is 0 Å². The molecule has 1 aromatic heterocycles. The Bertz CT molecular complexity index is 376. The average molecular weight is 398 g/mol. The van der Waals surface area contributed by atoms with E-state index in [1.807, 2.05) is 6.07 Å². The Labute approximate surface area is 129 Å². The van der Waals surface area contributed by atoms with Gasteiger partial charge >= 0.3 is 0 Å². The largest absolute Gasteiger partial charge is 0.350 e. The van der Waals surface area contributed by atoms with E-state index in [1.54, 1.807) is 0 Å². The van der Waals surface area contributed by atoms with Gasteiger partial charge in [0.05, 0.1) is 8.66 Å². The molecule has 0 aromatic carbocycles. The predicted octanol–water partition coefficient (Wildman–Crippen LogP) is 3.73. The first kappa shape index (κ1) is 16.1. The van der Waals surface area contributed by atoms with Gasteiger partial charge in [0.25, 0.3) is 5.91 Å². The molecule has 0 unspecified atom stereocenters. The fraction of sp³-hybridized carbons (Fsp3) is 0.583. The van der Waals surface area contributed by atoms with Gasteiger partial charge in [0.15, 0.2) is 0 Å². The van der Waals surface area contributed by atoms with Crippen LogP contribution in [0.25, 0.3) is 0 Å². The van der Waals surface area contributed by atoms with Gasteiger partial charge in [-0.3, -0.25) is 4.79 Å². The summed E-state index contributed by atoms with van der Waals surface area (Å²) in [5.74, 6) is -0.000971. The minimum Gasteiger partial charge on any atom is -0.350 e. The molecular weight excluding hydrogens is 380 g/mol. The topological polar surface area (TPSA) is 32.3 Å². The number of hydrogen-bond donors (Lipinski definition) is 1. The van der Waals surface area contributed by atoms with Crippen LogP contribution in [0.5, 0.6) is 0 Å². The highest BCUT2D eigenvalue weighted by Crippen LogP contribution is 2.32. The zero-order valence-corrected chi connectivity index (χ0v) is 14.6. The van der Waals surface area contributed by atoms with Gasteiger partial charge in [-0.25, -0.2) is 0 Å². The van der Waals surface area contributed by atoms with Crippen LogP contribution < -0.4 is 5.32 Å². The van der Waals surface area contributed by atoms with Gasteiger partial charge in [0, 0.05) is 17.6 Å². The highest BCUT2D eigenvalue weighted by molar-refractivity contribution is 9.13. The number of rotatable bonds is 7. The summed E-state index contributed by atoms with van der Waals surface area (Å²) in [6.45, 7) is 8.03. The van der Waals surface area contributed by atoms with Gasteiger partial charge in [-0.15, -0.1) is 11.3 Å². The normalized spacial score (nSPS) is 10.9. The molecule has 0 saturated carbocycles. The third-order valence-electron chi connectivity index (χ3n) is 2.57. The molecule has 0 aliphatic heterocycles. The van der Waals surface area contributed by atoms with Crippen LogP contribution in [0.3, 0.4) is 0 Å². The molecule has 1 rings (SSSR count). The number of carbonyl (C=O) groups excluding carboxylic acids is 1. The number of halogens is 2. The zero-order chi connectivity index (χ0) is 13.5. The van der Waals surface area contributed by atoms with E-state index in [-0.39, 0.29) is 5.91 Å². The van der Waals surface area contributed by atoms with Crippen molar-refractivity contribution in [3.63, 3.8) is 0 Å². The number of likely N-dealkylation sites (N-methyl/N-ethyl adjacent to an activating group) is 1. The summed E-state index contributed by atoms with van der Waals surface area (Å²) in [7, 11) is 0. The van der Waals surface area contributed by atoms with E-state index in [0.29, 0.717) is 6.54 Å². The second-order valence-corrected chi connectivity index (χ2v) is 7.15.